The average molecular weight is 209 g/mol. The smallest absolute Gasteiger partial charge is 0.00389 e. The lowest BCUT2D eigenvalue weighted by atomic mass is 9.76. The molecule has 5 unspecified atom stereocenters. The first-order chi connectivity index (χ1) is 7.20. The van der Waals surface area contributed by atoms with E-state index in [2.05, 4.69) is 13.8 Å². The molecule has 15 heavy (non-hydrogen) atoms. The van der Waals surface area contributed by atoms with Crippen LogP contribution in [0.25, 0.3) is 0 Å². The molecule has 0 amide bonds. The molecule has 2 bridgehead atoms. The molecular weight excluding hydrogens is 182 g/mol. The third kappa shape index (κ3) is 2.55. The van der Waals surface area contributed by atoms with Crippen molar-refractivity contribution in [2.24, 2.45) is 29.4 Å². The van der Waals surface area contributed by atoms with Gasteiger partial charge in [-0.15, -0.1) is 0 Å². The highest BCUT2D eigenvalue weighted by atomic mass is 14.6. The normalized spacial score (nSPS) is 41.8. The van der Waals surface area contributed by atoms with Crippen LogP contribution in [0, 0.1) is 23.7 Å². The summed E-state index contributed by atoms with van der Waals surface area (Å²) >= 11 is 0. The van der Waals surface area contributed by atoms with E-state index in [9.17, 15) is 0 Å². The van der Waals surface area contributed by atoms with Gasteiger partial charge in [-0.25, -0.2) is 0 Å². The molecule has 0 aromatic heterocycles. The number of fused-ring (bicyclic) bond motifs is 2. The SMILES string of the molecule is CCCCC1CC2CC(C(C)N)CC1C2. The fourth-order valence-corrected chi connectivity index (χ4v) is 3.98. The number of rotatable bonds is 4. The van der Waals surface area contributed by atoms with Crippen molar-refractivity contribution in [2.45, 2.75) is 64.8 Å². The van der Waals surface area contributed by atoms with E-state index in [4.69, 9.17) is 5.73 Å². The van der Waals surface area contributed by atoms with E-state index in [1.165, 1.54) is 44.9 Å². The molecule has 0 aliphatic heterocycles. The minimum Gasteiger partial charge on any atom is -0.328 e. The van der Waals surface area contributed by atoms with Gasteiger partial charge in [-0.3, -0.25) is 0 Å². The molecule has 2 aliphatic rings. The van der Waals surface area contributed by atoms with E-state index in [0.29, 0.717) is 6.04 Å². The molecule has 0 saturated heterocycles. The summed E-state index contributed by atoms with van der Waals surface area (Å²) in [5, 5.41) is 0. The fourth-order valence-electron chi connectivity index (χ4n) is 3.98. The van der Waals surface area contributed by atoms with E-state index in [1.54, 1.807) is 0 Å². The van der Waals surface area contributed by atoms with Crippen molar-refractivity contribution in [1.29, 1.82) is 0 Å². The first kappa shape index (κ1) is 11.4. The Morgan fingerprint density at radius 3 is 2.67 bits per heavy atom. The van der Waals surface area contributed by atoms with Crippen LogP contribution in [0.15, 0.2) is 0 Å². The van der Waals surface area contributed by atoms with E-state index < -0.39 is 0 Å². The lowest BCUT2D eigenvalue weighted by molar-refractivity contribution is 0.217. The second-order valence-corrected chi connectivity index (χ2v) is 6.09. The van der Waals surface area contributed by atoms with Gasteiger partial charge in [0.25, 0.3) is 0 Å². The minimum atomic E-state index is 0.431. The summed E-state index contributed by atoms with van der Waals surface area (Å²) in [4.78, 5) is 0. The van der Waals surface area contributed by atoms with Crippen molar-refractivity contribution < 1.29 is 0 Å². The Morgan fingerprint density at radius 1 is 1.20 bits per heavy atom. The first-order valence-electron chi connectivity index (χ1n) is 6.96. The van der Waals surface area contributed by atoms with Gasteiger partial charge in [0.2, 0.25) is 0 Å². The average Bonchev–Trinajstić information content (AvgIpc) is 2.50. The minimum absolute atomic E-state index is 0.431. The van der Waals surface area contributed by atoms with Crippen LogP contribution < -0.4 is 5.73 Å². The summed E-state index contributed by atoms with van der Waals surface area (Å²) in [6, 6.07) is 0.431. The maximum atomic E-state index is 6.06. The van der Waals surface area contributed by atoms with Crippen LogP contribution in [-0.2, 0) is 0 Å². The monoisotopic (exact) mass is 209 g/mol. The molecule has 0 spiro atoms. The van der Waals surface area contributed by atoms with Crippen LogP contribution in [0.2, 0.25) is 0 Å². The van der Waals surface area contributed by atoms with Gasteiger partial charge in [0.05, 0.1) is 0 Å². The summed E-state index contributed by atoms with van der Waals surface area (Å²) in [5.41, 5.74) is 6.06. The van der Waals surface area contributed by atoms with Crippen LogP contribution in [-0.4, -0.2) is 6.04 Å². The van der Waals surface area contributed by atoms with Crippen molar-refractivity contribution in [3.05, 3.63) is 0 Å². The van der Waals surface area contributed by atoms with Gasteiger partial charge < -0.3 is 5.73 Å². The highest BCUT2D eigenvalue weighted by Crippen LogP contribution is 2.50. The van der Waals surface area contributed by atoms with Crippen molar-refractivity contribution in [1.82, 2.24) is 0 Å². The number of nitrogens with two attached hydrogens (primary N) is 1. The summed E-state index contributed by atoms with van der Waals surface area (Å²) in [7, 11) is 0. The number of unbranched alkanes of at least 4 members (excludes halogenated alkanes) is 1. The zero-order chi connectivity index (χ0) is 10.8. The highest BCUT2D eigenvalue weighted by molar-refractivity contribution is 4.92. The maximum Gasteiger partial charge on any atom is 0.00389 e. The largest absolute Gasteiger partial charge is 0.328 e. The molecule has 0 heterocycles. The highest BCUT2D eigenvalue weighted by Gasteiger charge is 2.40. The molecule has 2 aliphatic carbocycles. The topological polar surface area (TPSA) is 26.0 Å². The van der Waals surface area contributed by atoms with Crippen LogP contribution in [0.1, 0.15) is 58.8 Å². The van der Waals surface area contributed by atoms with E-state index in [-0.39, 0.29) is 0 Å². The Morgan fingerprint density at radius 2 is 2.00 bits per heavy atom. The Hall–Kier alpha value is -0.0400. The molecule has 5 atom stereocenters. The zero-order valence-corrected chi connectivity index (χ0v) is 10.4. The molecule has 88 valence electrons. The fraction of sp³-hybridized carbons (Fsp3) is 1.00. The van der Waals surface area contributed by atoms with Crippen molar-refractivity contribution in [3.8, 4) is 0 Å². The summed E-state index contributed by atoms with van der Waals surface area (Å²) in [6.07, 6.45) is 10.2. The number of hydrogen-bond acceptors (Lipinski definition) is 1. The number of hydrogen-bond donors (Lipinski definition) is 1. The van der Waals surface area contributed by atoms with Crippen LogP contribution in [0.3, 0.4) is 0 Å². The molecule has 1 heteroatoms. The Labute approximate surface area is 94.8 Å². The van der Waals surface area contributed by atoms with Gasteiger partial charge in [-0.2, -0.15) is 0 Å². The Bertz CT molecular complexity index is 200. The summed E-state index contributed by atoms with van der Waals surface area (Å²) < 4.78 is 0. The van der Waals surface area contributed by atoms with Gasteiger partial charge in [-0.05, 0) is 56.3 Å². The second-order valence-electron chi connectivity index (χ2n) is 6.09. The lowest BCUT2D eigenvalue weighted by Gasteiger charge is -2.31. The summed E-state index contributed by atoms with van der Waals surface area (Å²) in [5.74, 6) is 3.95. The van der Waals surface area contributed by atoms with Crippen molar-refractivity contribution in [2.75, 3.05) is 0 Å². The third-order valence-electron chi connectivity index (χ3n) is 4.85. The third-order valence-corrected chi connectivity index (χ3v) is 4.85. The van der Waals surface area contributed by atoms with E-state index >= 15 is 0 Å². The Balaban J connectivity index is 1.88. The van der Waals surface area contributed by atoms with Crippen LogP contribution >= 0.6 is 0 Å². The van der Waals surface area contributed by atoms with Gasteiger partial charge in [0, 0.05) is 6.04 Å². The second kappa shape index (κ2) is 4.86. The molecule has 0 aromatic carbocycles. The molecular formula is C14H27N. The summed E-state index contributed by atoms with van der Waals surface area (Å²) in [6.45, 7) is 4.52. The molecule has 2 N–H and O–H groups in total. The molecule has 2 fully saturated rings. The molecule has 1 nitrogen and oxygen atoms in total. The molecule has 2 saturated carbocycles. The molecule has 0 radical (unpaired) electrons. The molecule has 0 aromatic rings. The predicted octanol–water partition coefficient (Wildman–Crippen LogP) is 3.58. The zero-order valence-electron chi connectivity index (χ0n) is 10.4. The van der Waals surface area contributed by atoms with Crippen LogP contribution in [0.4, 0.5) is 0 Å². The van der Waals surface area contributed by atoms with E-state index in [0.717, 1.165) is 23.7 Å². The Kier molecular flexibility index (Phi) is 3.71. The van der Waals surface area contributed by atoms with Crippen molar-refractivity contribution >= 4 is 0 Å². The first-order valence-corrected chi connectivity index (χ1v) is 6.96. The van der Waals surface area contributed by atoms with Gasteiger partial charge in [0.15, 0.2) is 0 Å². The standard InChI is InChI=1S/C14H27N/c1-3-4-5-12-6-11-7-13(10(2)15)9-14(12)8-11/h10-14H,3-9,15H2,1-2H3. The van der Waals surface area contributed by atoms with Gasteiger partial charge >= 0.3 is 0 Å². The predicted molar refractivity (Wildman–Crippen MR) is 65.6 cm³/mol. The maximum absolute atomic E-state index is 6.06. The van der Waals surface area contributed by atoms with Gasteiger partial charge in [0.1, 0.15) is 0 Å². The van der Waals surface area contributed by atoms with Gasteiger partial charge in [-0.1, -0.05) is 26.2 Å². The van der Waals surface area contributed by atoms with Crippen molar-refractivity contribution in [3.63, 3.8) is 0 Å². The molecule has 2 rings (SSSR count). The van der Waals surface area contributed by atoms with E-state index in [1.807, 2.05) is 0 Å². The lowest BCUT2D eigenvalue weighted by Crippen LogP contribution is -2.32. The quantitative estimate of drug-likeness (QED) is 0.752. The van der Waals surface area contributed by atoms with Crippen LogP contribution in [0.5, 0.6) is 0 Å².